The number of aliphatic hydroxyl groups excluding tert-OH is 1. The van der Waals surface area contributed by atoms with Crippen molar-refractivity contribution in [1.82, 2.24) is 0 Å². The summed E-state index contributed by atoms with van der Waals surface area (Å²) in [6.45, 7) is 0.240. The van der Waals surface area contributed by atoms with Crippen LogP contribution in [-0.4, -0.2) is 11.7 Å². The van der Waals surface area contributed by atoms with Gasteiger partial charge in [-0.3, -0.25) is 0 Å². The summed E-state index contributed by atoms with van der Waals surface area (Å²) in [7, 11) is 0. The first-order chi connectivity index (χ1) is 5.24. The average molecular weight is 152 g/mol. The van der Waals surface area contributed by atoms with Gasteiger partial charge >= 0.3 is 0 Å². The Morgan fingerprint density at radius 2 is 1.82 bits per heavy atom. The molecule has 11 heavy (non-hydrogen) atoms. The van der Waals surface area contributed by atoms with E-state index >= 15 is 0 Å². The Balaban J connectivity index is 2.81. The highest BCUT2D eigenvalue weighted by molar-refractivity contribution is 5.39. The number of rotatable bonds is 2. The Hall–Kier alpha value is -1.06. The van der Waals surface area contributed by atoms with E-state index in [4.69, 9.17) is 11.5 Å². The van der Waals surface area contributed by atoms with Crippen LogP contribution in [-0.2, 0) is 0 Å². The SMILES string of the molecule is NCC(O)c1ccc(N)cc1. The quantitative estimate of drug-likeness (QED) is 0.532. The van der Waals surface area contributed by atoms with E-state index < -0.39 is 6.10 Å². The molecule has 0 aliphatic rings. The third kappa shape index (κ3) is 1.93. The van der Waals surface area contributed by atoms with Gasteiger partial charge in [0.05, 0.1) is 6.10 Å². The van der Waals surface area contributed by atoms with Crippen LogP contribution in [0.25, 0.3) is 0 Å². The van der Waals surface area contributed by atoms with E-state index in [0.717, 1.165) is 5.56 Å². The number of hydrogen-bond acceptors (Lipinski definition) is 3. The van der Waals surface area contributed by atoms with Gasteiger partial charge in [-0.25, -0.2) is 0 Å². The average Bonchev–Trinajstić information content (AvgIpc) is 2.05. The van der Waals surface area contributed by atoms with E-state index in [9.17, 15) is 5.11 Å². The van der Waals surface area contributed by atoms with Crippen molar-refractivity contribution < 1.29 is 5.11 Å². The van der Waals surface area contributed by atoms with Crippen LogP contribution in [0.15, 0.2) is 24.3 Å². The molecule has 5 N–H and O–H groups in total. The highest BCUT2D eigenvalue weighted by Crippen LogP contribution is 2.12. The maximum absolute atomic E-state index is 9.25. The molecule has 1 aromatic rings. The van der Waals surface area contributed by atoms with Crippen molar-refractivity contribution >= 4 is 5.69 Å². The molecule has 3 nitrogen and oxygen atoms in total. The van der Waals surface area contributed by atoms with Crippen molar-refractivity contribution in [2.75, 3.05) is 12.3 Å². The maximum atomic E-state index is 9.25. The third-order valence-electron chi connectivity index (χ3n) is 1.54. The summed E-state index contributed by atoms with van der Waals surface area (Å²) in [5.41, 5.74) is 12.2. The molecule has 1 rings (SSSR count). The fraction of sp³-hybridized carbons (Fsp3) is 0.250. The zero-order valence-corrected chi connectivity index (χ0v) is 6.20. The van der Waals surface area contributed by atoms with Gasteiger partial charge < -0.3 is 16.6 Å². The zero-order chi connectivity index (χ0) is 8.27. The summed E-state index contributed by atoms with van der Waals surface area (Å²) in [5.74, 6) is 0. The van der Waals surface area contributed by atoms with Crippen molar-refractivity contribution in [2.24, 2.45) is 5.73 Å². The fourth-order valence-corrected chi connectivity index (χ4v) is 0.854. The van der Waals surface area contributed by atoms with Gasteiger partial charge in [-0.2, -0.15) is 0 Å². The minimum absolute atomic E-state index is 0.240. The molecular weight excluding hydrogens is 140 g/mol. The van der Waals surface area contributed by atoms with Gasteiger partial charge in [-0.15, -0.1) is 0 Å². The molecule has 0 amide bonds. The standard InChI is InChI=1S/C8H12N2O/c9-5-8(11)6-1-3-7(10)4-2-6/h1-4,8,11H,5,9-10H2. The van der Waals surface area contributed by atoms with E-state index in [-0.39, 0.29) is 6.54 Å². The Morgan fingerprint density at radius 3 is 2.27 bits per heavy atom. The van der Waals surface area contributed by atoms with Crippen LogP contribution in [0.4, 0.5) is 5.69 Å². The lowest BCUT2D eigenvalue weighted by molar-refractivity contribution is 0.187. The van der Waals surface area contributed by atoms with E-state index in [2.05, 4.69) is 0 Å². The summed E-state index contributed by atoms with van der Waals surface area (Å²) in [6, 6.07) is 7.03. The summed E-state index contributed by atoms with van der Waals surface area (Å²) >= 11 is 0. The minimum Gasteiger partial charge on any atom is -0.399 e. The first-order valence-electron chi connectivity index (χ1n) is 3.47. The summed E-state index contributed by atoms with van der Waals surface area (Å²) < 4.78 is 0. The molecule has 0 aliphatic carbocycles. The molecule has 0 aliphatic heterocycles. The van der Waals surface area contributed by atoms with E-state index in [1.807, 2.05) is 0 Å². The Bertz CT molecular complexity index is 220. The van der Waals surface area contributed by atoms with E-state index in [0.29, 0.717) is 5.69 Å². The Kier molecular flexibility index (Phi) is 2.46. The first-order valence-corrected chi connectivity index (χ1v) is 3.47. The Labute approximate surface area is 65.6 Å². The van der Waals surface area contributed by atoms with Gasteiger partial charge in [0, 0.05) is 12.2 Å². The van der Waals surface area contributed by atoms with Crippen molar-refractivity contribution in [3.05, 3.63) is 29.8 Å². The second-order valence-electron chi connectivity index (χ2n) is 2.42. The second-order valence-corrected chi connectivity index (χ2v) is 2.42. The van der Waals surface area contributed by atoms with Gasteiger partial charge in [-0.1, -0.05) is 12.1 Å². The molecule has 0 saturated carbocycles. The van der Waals surface area contributed by atoms with Crippen molar-refractivity contribution in [3.8, 4) is 0 Å². The van der Waals surface area contributed by atoms with E-state index in [1.54, 1.807) is 24.3 Å². The molecule has 0 spiro atoms. The molecule has 1 atom stereocenters. The molecule has 0 aromatic heterocycles. The summed E-state index contributed by atoms with van der Waals surface area (Å²) in [6.07, 6.45) is -0.574. The summed E-state index contributed by atoms with van der Waals surface area (Å²) in [5, 5.41) is 9.25. The number of benzene rings is 1. The largest absolute Gasteiger partial charge is 0.399 e. The third-order valence-corrected chi connectivity index (χ3v) is 1.54. The van der Waals surface area contributed by atoms with Crippen LogP contribution in [0.1, 0.15) is 11.7 Å². The molecule has 0 saturated heterocycles. The predicted molar refractivity (Wildman–Crippen MR) is 44.9 cm³/mol. The molecule has 1 aromatic carbocycles. The molecular formula is C8H12N2O. The monoisotopic (exact) mass is 152 g/mol. The predicted octanol–water partition coefficient (Wildman–Crippen LogP) is 0.261. The van der Waals surface area contributed by atoms with Crippen molar-refractivity contribution in [1.29, 1.82) is 0 Å². The van der Waals surface area contributed by atoms with Gasteiger partial charge in [0.2, 0.25) is 0 Å². The molecule has 0 radical (unpaired) electrons. The molecule has 3 heteroatoms. The highest BCUT2D eigenvalue weighted by atomic mass is 16.3. The molecule has 0 fully saturated rings. The fourth-order valence-electron chi connectivity index (χ4n) is 0.854. The molecule has 1 unspecified atom stereocenters. The van der Waals surface area contributed by atoms with Crippen molar-refractivity contribution in [3.63, 3.8) is 0 Å². The van der Waals surface area contributed by atoms with Crippen LogP contribution in [0, 0.1) is 0 Å². The molecule has 0 bridgehead atoms. The minimum atomic E-state index is -0.574. The lowest BCUT2D eigenvalue weighted by Gasteiger charge is -2.06. The smallest absolute Gasteiger partial charge is 0.0912 e. The van der Waals surface area contributed by atoms with Gasteiger partial charge in [0.15, 0.2) is 0 Å². The van der Waals surface area contributed by atoms with Crippen LogP contribution in [0.2, 0.25) is 0 Å². The number of anilines is 1. The summed E-state index contributed by atoms with van der Waals surface area (Å²) in [4.78, 5) is 0. The topological polar surface area (TPSA) is 72.3 Å². The molecule has 0 heterocycles. The Morgan fingerprint density at radius 1 is 1.27 bits per heavy atom. The first kappa shape index (κ1) is 8.04. The highest BCUT2D eigenvalue weighted by Gasteiger charge is 2.02. The number of nitrogens with two attached hydrogens (primary N) is 2. The van der Waals surface area contributed by atoms with Crippen LogP contribution in [0.3, 0.4) is 0 Å². The van der Waals surface area contributed by atoms with Crippen molar-refractivity contribution in [2.45, 2.75) is 6.10 Å². The lowest BCUT2D eigenvalue weighted by Crippen LogP contribution is -2.11. The lowest BCUT2D eigenvalue weighted by atomic mass is 10.1. The normalized spacial score (nSPS) is 12.9. The number of hydrogen-bond donors (Lipinski definition) is 3. The molecule has 60 valence electrons. The van der Waals surface area contributed by atoms with Gasteiger partial charge in [0.25, 0.3) is 0 Å². The van der Waals surface area contributed by atoms with Gasteiger partial charge in [0.1, 0.15) is 0 Å². The van der Waals surface area contributed by atoms with Crippen LogP contribution < -0.4 is 11.5 Å². The van der Waals surface area contributed by atoms with Crippen LogP contribution in [0.5, 0.6) is 0 Å². The maximum Gasteiger partial charge on any atom is 0.0912 e. The van der Waals surface area contributed by atoms with Gasteiger partial charge in [-0.05, 0) is 17.7 Å². The van der Waals surface area contributed by atoms with Crippen LogP contribution >= 0.6 is 0 Å². The second kappa shape index (κ2) is 3.37. The van der Waals surface area contributed by atoms with E-state index in [1.165, 1.54) is 0 Å². The number of nitrogen functional groups attached to an aromatic ring is 1. The number of aliphatic hydroxyl groups is 1. The zero-order valence-electron chi connectivity index (χ0n) is 6.20.